The van der Waals surface area contributed by atoms with E-state index in [0.717, 1.165) is 24.8 Å². The Labute approximate surface area is 104 Å². The maximum Gasteiger partial charge on any atom is 0.115 e. The summed E-state index contributed by atoms with van der Waals surface area (Å²) >= 11 is 0. The fourth-order valence-corrected chi connectivity index (χ4v) is 3.07. The van der Waals surface area contributed by atoms with Gasteiger partial charge in [-0.1, -0.05) is 26.0 Å². The molecule has 2 N–H and O–H groups in total. The van der Waals surface area contributed by atoms with E-state index >= 15 is 0 Å². The molecule has 2 rings (SSSR count). The highest BCUT2D eigenvalue weighted by Crippen LogP contribution is 2.34. The molecule has 2 heteroatoms. The third-order valence-corrected chi connectivity index (χ3v) is 4.10. The second-order valence-corrected chi connectivity index (χ2v) is 5.23. The van der Waals surface area contributed by atoms with Crippen molar-refractivity contribution >= 4 is 0 Å². The van der Waals surface area contributed by atoms with Crippen LogP contribution in [0.2, 0.25) is 0 Å². The molecule has 1 saturated carbocycles. The minimum absolute atomic E-state index is 0.386. The molecule has 1 fully saturated rings. The molecule has 1 aromatic rings. The van der Waals surface area contributed by atoms with Crippen molar-refractivity contribution in [1.29, 1.82) is 0 Å². The zero-order valence-corrected chi connectivity index (χ0v) is 10.8. The first-order chi connectivity index (χ1) is 8.20. The predicted octanol–water partition coefficient (Wildman–Crippen LogP) is 2.96. The van der Waals surface area contributed by atoms with Crippen LogP contribution in [0.4, 0.5) is 0 Å². The Morgan fingerprint density at radius 3 is 2.88 bits per heavy atom. The zero-order chi connectivity index (χ0) is 12.3. The quantitative estimate of drug-likeness (QED) is 0.838. The largest absolute Gasteiger partial charge is 0.508 e. The van der Waals surface area contributed by atoms with E-state index in [2.05, 4.69) is 25.2 Å². The molecular weight excluding hydrogens is 210 g/mol. The normalized spacial score (nSPS) is 28.5. The summed E-state index contributed by atoms with van der Waals surface area (Å²) in [4.78, 5) is 0. The second kappa shape index (κ2) is 5.54. The fraction of sp³-hybridized carbons (Fsp3) is 0.600. The average molecular weight is 233 g/mol. The van der Waals surface area contributed by atoms with Crippen molar-refractivity contribution in [3.63, 3.8) is 0 Å². The molecule has 0 heterocycles. The van der Waals surface area contributed by atoms with Crippen molar-refractivity contribution in [3.8, 4) is 5.75 Å². The number of nitrogens with one attached hydrogen (secondary N) is 1. The number of aromatic hydroxyl groups is 1. The topological polar surface area (TPSA) is 32.3 Å². The van der Waals surface area contributed by atoms with Gasteiger partial charge in [-0.05, 0) is 55.3 Å². The van der Waals surface area contributed by atoms with Crippen molar-refractivity contribution in [2.75, 3.05) is 6.54 Å². The summed E-state index contributed by atoms with van der Waals surface area (Å²) in [6.45, 7) is 5.59. The standard InChI is InChI=1S/C15H23NO/c1-3-16-15-8-7-13(11(15)2)9-12-5-4-6-14(17)10-12/h4-6,10-11,13,15-17H,3,7-9H2,1-2H3. The lowest BCUT2D eigenvalue weighted by atomic mass is 9.89. The molecule has 0 amide bonds. The number of rotatable bonds is 4. The number of phenols is 1. The minimum atomic E-state index is 0.386. The lowest BCUT2D eigenvalue weighted by Gasteiger charge is -2.21. The van der Waals surface area contributed by atoms with Crippen molar-refractivity contribution in [2.45, 2.75) is 39.2 Å². The molecule has 0 bridgehead atoms. The SMILES string of the molecule is CCNC1CCC(Cc2cccc(O)c2)C1C. The van der Waals surface area contributed by atoms with Crippen molar-refractivity contribution in [2.24, 2.45) is 11.8 Å². The van der Waals surface area contributed by atoms with Gasteiger partial charge in [-0.2, -0.15) is 0 Å². The van der Waals surface area contributed by atoms with Gasteiger partial charge in [0.1, 0.15) is 5.75 Å². The molecule has 1 aliphatic carbocycles. The maximum atomic E-state index is 9.48. The van der Waals surface area contributed by atoms with Gasteiger partial charge in [-0.15, -0.1) is 0 Å². The summed E-state index contributed by atoms with van der Waals surface area (Å²) in [7, 11) is 0. The molecule has 1 aromatic carbocycles. The van der Waals surface area contributed by atoms with Gasteiger partial charge in [0, 0.05) is 6.04 Å². The van der Waals surface area contributed by atoms with Crippen molar-refractivity contribution in [3.05, 3.63) is 29.8 Å². The maximum absolute atomic E-state index is 9.48. The van der Waals surface area contributed by atoms with Crippen LogP contribution < -0.4 is 5.32 Å². The fourth-order valence-electron chi connectivity index (χ4n) is 3.07. The highest BCUT2D eigenvalue weighted by Gasteiger charge is 2.31. The van der Waals surface area contributed by atoms with Gasteiger partial charge in [0.15, 0.2) is 0 Å². The van der Waals surface area contributed by atoms with E-state index in [9.17, 15) is 5.11 Å². The average Bonchev–Trinajstić information content (AvgIpc) is 2.62. The van der Waals surface area contributed by atoms with E-state index in [1.54, 1.807) is 6.07 Å². The molecule has 0 radical (unpaired) electrons. The van der Waals surface area contributed by atoms with Crippen LogP contribution in [0.25, 0.3) is 0 Å². The van der Waals surface area contributed by atoms with Crippen LogP contribution in [0, 0.1) is 11.8 Å². The smallest absolute Gasteiger partial charge is 0.115 e. The molecule has 17 heavy (non-hydrogen) atoms. The molecular formula is C15H23NO. The Morgan fingerprint density at radius 1 is 1.35 bits per heavy atom. The van der Waals surface area contributed by atoms with Gasteiger partial charge in [-0.25, -0.2) is 0 Å². The van der Waals surface area contributed by atoms with Gasteiger partial charge in [0.2, 0.25) is 0 Å². The van der Waals surface area contributed by atoms with Gasteiger partial charge >= 0.3 is 0 Å². The summed E-state index contributed by atoms with van der Waals surface area (Å²) in [5, 5.41) is 13.0. The lowest BCUT2D eigenvalue weighted by Crippen LogP contribution is -2.32. The van der Waals surface area contributed by atoms with Crippen LogP contribution in [-0.2, 0) is 6.42 Å². The monoisotopic (exact) mass is 233 g/mol. The van der Waals surface area contributed by atoms with Gasteiger partial charge in [-0.3, -0.25) is 0 Å². The zero-order valence-electron chi connectivity index (χ0n) is 10.8. The molecule has 3 atom stereocenters. The summed E-state index contributed by atoms with van der Waals surface area (Å²) in [5.74, 6) is 1.87. The van der Waals surface area contributed by atoms with Gasteiger partial charge in [0.25, 0.3) is 0 Å². The summed E-state index contributed by atoms with van der Waals surface area (Å²) in [6.07, 6.45) is 3.68. The summed E-state index contributed by atoms with van der Waals surface area (Å²) in [5.41, 5.74) is 1.26. The van der Waals surface area contributed by atoms with E-state index in [-0.39, 0.29) is 0 Å². The Kier molecular flexibility index (Phi) is 4.06. The molecule has 3 unspecified atom stereocenters. The van der Waals surface area contributed by atoms with Crippen molar-refractivity contribution < 1.29 is 5.11 Å². The molecule has 94 valence electrons. The van der Waals surface area contributed by atoms with Crippen LogP contribution in [0.15, 0.2) is 24.3 Å². The highest BCUT2D eigenvalue weighted by atomic mass is 16.3. The number of benzene rings is 1. The van der Waals surface area contributed by atoms with E-state index in [1.165, 1.54) is 18.4 Å². The highest BCUT2D eigenvalue weighted by molar-refractivity contribution is 5.27. The predicted molar refractivity (Wildman–Crippen MR) is 71.2 cm³/mol. The van der Waals surface area contributed by atoms with Crippen LogP contribution in [-0.4, -0.2) is 17.7 Å². The first-order valence-corrected chi connectivity index (χ1v) is 6.72. The van der Waals surface area contributed by atoms with Crippen LogP contribution in [0.5, 0.6) is 5.75 Å². The molecule has 2 nitrogen and oxygen atoms in total. The van der Waals surface area contributed by atoms with Crippen LogP contribution in [0.3, 0.4) is 0 Å². The van der Waals surface area contributed by atoms with Gasteiger partial charge < -0.3 is 10.4 Å². The second-order valence-electron chi connectivity index (χ2n) is 5.23. The van der Waals surface area contributed by atoms with E-state index in [0.29, 0.717) is 11.8 Å². The summed E-state index contributed by atoms with van der Waals surface area (Å²) < 4.78 is 0. The first-order valence-electron chi connectivity index (χ1n) is 6.72. The Hall–Kier alpha value is -1.02. The number of phenolic OH excluding ortho intramolecular Hbond substituents is 1. The van der Waals surface area contributed by atoms with E-state index in [4.69, 9.17) is 0 Å². The third-order valence-electron chi connectivity index (χ3n) is 4.10. The van der Waals surface area contributed by atoms with Crippen molar-refractivity contribution in [1.82, 2.24) is 5.32 Å². The minimum Gasteiger partial charge on any atom is -0.508 e. The molecule has 0 aromatic heterocycles. The Morgan fingerprint density at radius 2 is 2.18 bits per heavy atom. The van der Waals surface area contributed by atoms with Crippen LogP contribution >= 0.6 is 0 Å². The number of hydrogen-bond donors (Lipinski definition) is 2. The molecule has 0 aliphatic heterocycles. The van der Waals surface area contributed by atoms with E-state index < -0.39 is 0 Å². The summed E-state index contributed by atoms with van der Waals surface area (Å²) in [6, 6.07) is 8.37. The Bertz CT molecular complexity index is 364. The van der Waals surface area contributed by atoms with E-state index in [1.807, 2.05) is 12.1 Å². The lowest BCUT2D eigenvalue weighted by molar-refractivity contribution is 0.354. The molecule has 0 spiro atoms. The van der Waals surface area contributed by atoms with Gasteiger partial charge in [0.05, 0.1) is 0 Å². The number of hydrogen-bond acceptors (Lipinski definition) is 2. The molecule has 1 aliphatic rings. The molecule has 0 saturated heterocycles. The van der Waals surface area contributed by atoms with Crippen LogP contribution in [0.1, 0.15) is 32.3 Å². The Balaban J connectivity index is 1.96. The third kappa shape index (κ3) is 3.01. The first kappa shape index (κ1) is 12.4.